The van der Waals surface area contributed by atoms with E-state index in [9.17, 15) is 9.59 Å². The Labute approximate surface area is 123 Å². The summed E-state index contributed by atoms with van der Waals surface area (Å²) in [7, 11) is 1.36. The first-order valence-corrected chi connectivity index (χ1v) is 6.91. The number of esters is 1. The number of carbonyl (C=O) groups is 2. The SMILES string of the molecule is COC(=O)C1CN(C(=O)C2C=C(C)c3ccccc3O2)C1. The van der Waals surface area contributed by atoms with Gasteiger partial charge >= 0.3 is 5.97 Å². The van der Waals surface area contributed by atoms with Crippen LogP contribution < -0.4 is 4.74 Å². The molecule has 0 radical (unpaired) electrons. The van der Waals surface area contributed by atoms with Gasteiger partial charge in [-0.15, -0.1) is 0 Å². The lowest BCUT2D eigenvalue weighted by molar-refractivity contribution is -0.157. The van der Waals surface area contributed by atoms with Crippen LogP contribution in [0.2, 0.25) is 0 Å². The van der Waals surface area contributed by atoms with Crippen LogP contribution in [0.1, 0.15) is 12.5 Å². The topological polar surface area (TPSA) is 55.8 Å². The summed E-state index contributed by atoms with van der Waals surface area (Å²) in [6.45, 7) is 2.77. The molecule has 0 aromatic heterocycles. The predicted molar refractivity (Wildman–Crippen MR) is 76.6 cm³/mol. The van der Waals surface area contributed by atoms with Crippen molar-refractivity contribution in [2.75, 3.05) is 20.2 Å². The Balaban J connectivity index is 1.69. The minimum Gasteiger partial charge on any atom is -0.476 e. The number of methoxy groups -OCH3 is 1. The number of likely N-dealkylation sites (tertiary alicyclic amines) is 1. The average Bonchev–Trinajstić information content (AvgIpc) is 2.45. The monoisotopic (exact) mass is 287 g/mol. The Morgan fingerprint density at radius 3 is 2.71 bits per heavy atom. The van der Waals surface area contributed by atoms with Crippen molar-refractivity contribution in [1.29, 1.82) is 0 Å². The lowest BCUT2D eigenvalue weighted by atomic mass is 9.97. The van der Waals surface area contributed by atoms with E-state index in [4.69, 9.17) is 4.74 Å². The summed E-state index contributed by atoms with van der Waals surface area (Å²) in [5.74, 6) is 0.144. The van der Waals surface area contributed by atoms with E-state index in [2.05, 4.69) is 4.74 Å². The fourth-order valence-corrected chi connectivity index (χ4v) is 2.66. The van der Waals surface area contributed by atoms with Crippen LogP contribution >= 0.6 is 0 Å². The zero-order valence-electron chi connectivity index (χ0n) is 12.0. The molecule has 1 aromatic carbocycles. The number of para-hydroxylation sites is 1. The lowest BCUT2D eigenvalue weighted by Crippen LogP contribution is -2.56. The standard InChI is InChI=1S/C16H17NO4/c1-10-7-14(21-13-6-4-3-5-12(10)13)15(18)17-8-11(9-17)16(19)20-2/h3-7,11,14H,8-9H2,1-2H3. The van der Waals surface area contributed by atoms with Crippen molar-refractivity contribution in [2.24, 2.45) is 5.92 Å². The number of amides is 1. The predicted octanol–water partition coefficient (Wildman–Crippen LogP) is 1.48. The van der Waals surface area contributed by atoms with Crippen molar-refractivity contribution >= 4 is 17.4 Å². The van der Waals surface area contributed by atoms with Crippen molar-refractivity contribution in [3.8, 4) is 5.75 Å². The summed E-state index contributed by atoms with van der Waals surface area (Å²) in [5.41, 5.74) is 2.04. The number of nitrogens with zero attached hydrogens (tertiary/aromatic N) is 1. The van der Waals surface area contributed by atoms with Crippen molar-refractivity contribution < 1.29 is 19.1 Å². The molecule has 1 fully saturated rings. The molecule has 5 nitrogen and oxygen atoms in total. The summed E-state index contributed by atoms with van der Waals surface area (Å²) in [6, 6.07) is 7.66. The van der Waals surface area contributed by atoms with Crippen LogP contribution in [0.4, 0.5) is 0 Å². The zero-order valence-corrected chi connectivity index (χ0v) is 12.0. The van der Waals surface area contributed by atoms with Crippen LogP contribution in [0.5, 0.6) is 5.75 Å². The van der Waals surface area contributed by atoms with Gasteiger partial charge in [0.2, 0.25) is 0 Å². The van der Waals surface area contributed by atoms with Crippen LogP contribution in [0.15, 0.2) is 30.3 Å². The number of ether oxygens (including phenoxy) is 2. The number of carbonyl (C=O) groups excluding carboxylic acids is 2. The van der Waals surface area contributed by atoms with Crippen molar-refractivity contribution in [2.45, 2.75) is 13.0 Å². The Morgan fingerprint density at radius 1 is 1.29 bits per heavy atom. The van der Waals surface area contributed by atoms with E-state index in [1.807, 2.05) is 37.3 Å². The van der Waals surface area contributed by atoms with E-state index < -0.39 is 6.10 Å². The number of allylic oxidation sites excluding steroid dienone is 1. The van der Waals surface area contributed by atoms with E-state index in [-0.39, 0.29) is 17.8 Å². The third-order valence-electron chi connectivity index (χ3n) is 3.94. The second-order valence-electron chi connectivity index (χ2n) is 5.35. The van der Waals surface area contributed by atoms with Crippen molar-refractivity contribution in [3.63, 3.8) is 0 Å². The molecule has 2 aliphatic rings. The van der Waals surface area contributed by atoms with Crippen molar-refractivity contribution in [3.05, 3.63) is 35.9 Å². The molecule has 110 valence electrons. The normalized spacial score (nSPS) is 20.8. The Morgan fingerprint density at radius 2 is 2.00 bits per heavy atom. The number of rotatable bonds is 2. The Hall–Kier alpha value is -2.30. The highest BCUT2D eigenvalue weighted by Crippen LogP contribution is 2.32. The minimum absolute atomic E-state index is 0.107. The summed E-state index contributed by atoms with van der Waals surface area (Å²) in [4.78, 5) is 25.4. The van der Waals surface area contributed by atoms with Gasteiger partial charge in [0.05, 0.1) is 13.0 Å². The molecular formula is C16H17NO4. The lowest BCUT2D eigenvalue weighted by Gasteiger charge is -2.39. The Bertz CT molecular complexity index is 616. The smallest absolute Gasteiger partial charge is 0.312 e. The number of benzene rings is 1. The van der Waals surface area contributed by atoms with Gasteiger partial charge in [0, 0.05) is 18.7 Å². The maximum Gasteiger partial charge on any atom is 0.312 e. The molecule has 3 rings (SSSR count). The average molecular weight is 287 g/mol. The first-order valence-electron chi connectivity index (χ1n) is 6.91. The van der Waals surface area contributed by atoms with Crippen LogP contribution in [0, 0.1) is 5.92 Å². The van der Waals surface area contributed by atoms with Gasteiger partial charge in [0.25, 0.3) is 5.91 Å². The maximum atomic E-state index is 12.4. The van der Waals surface area contributed by atoms with E-state index in [0.29, 0.717) is 13.1 Å². The van der Waals surface area contributed by atoms with Crippen LogP contribution in [0.3, 0.4) is 0 Å². The largest absolute Gasteiger partial charge is 0.476 e. The van der Waals surface area contributed by atoms with Crippen LogP contribution in [-0.2, 0) is 14.3 Å². The van der Waals surface area contributed by atoms with E-state index in [1.165, 1.54) is 7.11 Å². The Kier molecular flexibility index (Phi) is 3.41. The van der Waals surface area contributed by atoms with E-state index in [0.717, 1.165) is 16.9 Å². The zero-order chi connectivity index (χ0) is 15.0. The molecule has 21 heavy (non-hydrogen) atoms. The number of hydrogen-bond donors (Lipinski definition) is 0. The van der Waals surface area contributed by atoms with Crippen molar-refractivity contribution in [1.82, 2.24) is 4.90 Å². The first kappa shape index (κ1) is 13.7. The third kappa shape index (κ3) is 2.39. The van der Waals surface area contributed by atoms with Gasteiger partial charge in [-0.3, -0.25) is 9.59 Å². The highest BCUT2D eigenvalue weighted by molar-refractivity contribution is 5.89. The second kappa shape index (κ2) is 5.24. The molecule has 0 saturated carbocycles. The van der Waals surface area contributed by atoms with E-state index in [1.54, 1.807) is 4.90 Å². The quantitative estimate of drug-likeness (QED) is 0.773. The third-order valence-corrected chi connectivity index (χ3v) is 3.94. The molecule has 5 heteroatoms. The molecule has 0 bridgehead atoms. The highest BCUT2D eigenvalue weighted by atomic mass is 16.5. The molecule has 2 heterocycles. The van der Waals surface area contributed by atoms with E-state index >= 15 is 0 Å². The summed E-state index contributed by atoms with van der Waals surface area (Å²) in [5, 5.41) is 0. The molecule has 0 aliphatic carbocycles. The van der Waals surface area contributed by atoms with Gasteiger partial charge in [0.15, 0.2) is 6.10 Å². The van der Waals surface area contributed by atoms with Gasteiger partial charge in [-0.25, -0.2) is 0 Å². The molecule has 1 aromatic rings. The maximum absolute atomic E-state index is 12.4. The van der Waals surface area contributed by atoms with Gasteiger partial charge in [-0.2, -0.15) is 0 Å². The second-order valence-corrected chi connectivity index (χ2v) is 5.35. The number of fused-ring (bicyclic) bond motifs is 1. The minimum atomic E-state index is -0.613. The van der Waals surface area contributed by atoms with Gasteiger partial charge in [0.1, 0.15) is 5.75 Å². The van der Waals surface area contributed by atoms with Crippen LogP contribution in [-0.4, -0.2) is 43.1 Å². The summed E-state index contributed by atoms with van der Waals surface area (Å²) >= 11 is 0. The first-order chi connectivity index (χ1) is 10.1. The highest BCUT2D eigenvalue weighted by Gasteiger charge is 2.39. The molecule has 1 saturated heterocycles. The molecule has 0 spiro atoms. The summed E-state index contributed by atoms with van der Waals surface area (Å²) < 4.78 is 10.4. The van der Waals surface area contributed by atoms with Crippen LogP contribution in [0.25, 0.3) is 5.57 Å². The fraction of sp³-hybridized carbons (Fsp3) is 0.375. The van der Waals surface area contributed by atoms with Gasteiger partial charge < -0.3 is 14.4 Å². The molecule has 1 unspecified atom stereocenters. The van der Waals surface area contributed by atoms with Gasteiger partial charge in [-0.1, -0.05) is 18.2 Å². The van der Waals surface area contributed by atoms with Gasteiger partial charge in [-0.05, 0) is 24.6 Å². The summed E-state index contributed by atoms with van der Waals surface area (Å²) in [6.07, 6.45) is 1.22. The molecule has 2 aliphatic heterocycles. The molecular weight excluding hydrogens is 270 g/mol. The molecule has 1 atom stereocenters. The molecule has 0 N–H and O–H groups in total. The number of hydrogen-bond acceptors (Lipinski definition) is 4. The fourth-order valence-electron chi connectivity index (χ4n) is 2.66. The molecule has 1 amide bonds.